The van der Waals surface area contributed by atoms with E-state index in [1.807, 2.05) is 30.3 Å². The van der Waals surface area contributed by atoms with Crippen molar-refractivity contribution < 1.29 is 19.1 Å². The summed E-state index contributed by atoms with van der Waals surface area (Å²) in [5, 5.41) is 13.7. The Kier molecular flexibility index (Phi) is 8.43. The Hall–Kier alpha value is -4.30. The molecule has 190 valence electrons. The number of carbonyl (C=O) groups excluding carboxylic acids is 1. The van der Waals surface area contributed by atoms with Gasteiger partial charge in [-0.05, 0) is 60.5 Å². The Morgan fingerprint density at radius 3 is 2.62 bits per heavy atom. The number of aromatic nitrogens is 2. The lowest BCUT2D eigenvalue weighted by atomic mass is 10.0. The van der Waals surface area contributed by atoms with Crippen molar-refractivity contribution in [1.29, 1.82) is 0 Å². The van der Waals surface area contributed by atoms with Crippen molar-refractivity contribution in [2.24, 2.45) is 0 Å². The van der Waals surface area contributed by atoms with Gasteiger partial charge in [-0.15, -0.1) is 0 Å². The number of nitrogens with zero attached hydrogens (tertiary/aromatic N) is 1. The molecule has 0 saturated heterocycles. The first-order valence-electron chi connectivity index (χ1n) is 12.1. The van der Waals surface area contributed by atoms with Gasteiger partial charge in [0.25, 0.3) is 11.9 Å². The van der Waals surface area contributed by atoms with Crippen LogP contribution >= 0.6 is 0 Å². The van der Waals surface area contributed by atoms with Gasteiger partial charge in [-0.1, -0.05) is 30.3 Å². The first-order chi connectivity index (χ1) is 17.9. The molecule has 8 heteroatoms. The highest BCUT2D eigenvalue weighted by molar-refractivity contribution is 5.97. The average Bonchev–Trinajstić information content (AvgIpc) is 3.33. The number of hydrogen-bond donors (Lipinski definition) is 4. The maximum absolute atomic E-state index is 13.3. The van der Waals surface area contributed by atoms with Crippen molar-refractivity contribution in [3.05, 3.63) is 101 Å². The number of hydrogen-bond acceptors (Lipinski definition) is 4. The summed E-state index contributed by atoms with van der Waals surface area (Å²) < 4.78 is 13.3. The van der Waals surface area contributed by atoms with Crippen LogP contribution in [0.5, 0.6) is 0 Å². The molecule has 5 rings (SSSR count). The smallest absolute Gasteiger partial charge is 0.300 e. The fraction of sp³-hybridized carbons (Fsp3) is 0.207. The Labute approximate surface area is 214 Å². The molecule has 0 radical (unpaired) electrons. The highest BCUT2D eigenvalue weighted by Gasteiger charge is 2.20. The van der Waals surface area contributed by atoms with Gasteiger partial charge in [0.1, 0.15) is 5.82 Å². The number of benzene rings is 2. The normalized spacial score (nSPS) is 12.2. The highest BCUT2D eigenvalue weighted by Crippen LogP contribution is 2.27. The summed E-state index contributed by atoms with van der Waals surface area (Å²) in [6.07, 6.45) is 3.39. The molecular formula is C29H29FN4O3. The summed E-state index contributed by atoms with van der Waals surface area (Å²) in [5.74, 6) is -1.05. The lowest BCUT2D eigenvalue weighted by Crippen LogP contribution is -2.31. The maximum atomic E-state index is 13.3. The number of carboxylic acid groups (broad SMARTS) is 1. The van der Waals surface area contributed by atoms with Crippen LogP contribution in [-0.2, 0) is 24.2 Å². The molecule has 0 bridgehead atoms. The lowest BCUT2D eigenvalue weighted by molar-refractivity contribution is -0.134. The predicted octanol–water partition coefficient (Wildman–Crippen LogP) is 4.59. The number of aromatic amines is 1. The van der Waals surface area contributed by atoms with Gasteiger partial charge in [-0.3, -0.25) is 14.6 Å². The zero-order valence-corrected chi connectivity index (χ0v) is 20.6. The van der Waals surface area contributed by atoms with Crippen LogP contribution in [0.25, 0.3) is 22.5 Å². The van der Waals surface area contributed by atoms with Gasteiger partial charge in [0.2, 0.25) is 0 Å². The van der Waals surface area contributed by atoms with Gasteiger partial charge in [-0.2, -0.15) is 0 Å². The second-order valence-electron chi connectivity index (χ2n) is 8.79. The van der Waals surface area contributed by atoms with Crippen LogP contribution in [0.2, 0.25) is 0 Å². The largest absolute Gasteiger partial charge is 0.481 e. The Morgan fingerprint density at radius 2 is 1.84 bits per heavy atom. The highest BCUT2D eigenvalue weighted by atomic mass is 19.1. The predicted molar refractivity (Wildman–Crippen MR) is 141 cm³/mol. The van der Waals surface area contributed by atoms with Crippen LogP contribution in [0.4, 0.5) is 4.39 Å². The van der Waals surface area contributed by atoms with E-state index in [1.165, 1.54) is 6.07 Å². The molecule has 37 heavy (non-hydrogen) atoms. The third kappa shape index (κ3) is 7.11. The molecule has 0 atom stereocenters. The summed E-state index contributed by atoms with van der Waals surface area (Å²) in [4.78, 5) is 29.1. The third-order valence-electron chi connectivity index (χ3n) is 5.91. The summed E-state index contributed by atoms with van der Waals surface area (Å²) in [6.45, 7) is 3.24. The van der Waals surface area contributed by atoms with Crippen molar-refractivity contribution in [2.75, 3.05) is 13.1 Å². The van der Waals surface area contributed by atoms with E-state index in [0.29, 0.717) is 6.54 Å². The van der Waals surface area contributed by atoms with E-state index in [9.17, 15) is 9.18 Å². The van der Waals surface area contributed by atoms with Crippen molar-refractivity contribution in [3.63, 3.8) is 0 Å². The van der Waals surface area contributed by atoms with Crippen molar-refractivity contribution in [3.8, 4) is 22.5 Å². The standard InChI is InChI=1S/C27H25FN4O.C2H4O2/c28-22-6-2-3-18(14-22)7-10-29-17-19-4-1-5-20(13-19)25-15-21(8-11-30-25)26-16-23-24(32-26)9-12-31-27(23)33;1-2(3)4/h1-6,8,11,13-16,29,32H,7,9-10,12,17H2,(H,31,33);1H3,(H,3,4). The molecule has 4 aromatic rings. The molecule has 1 amide bonds. The van der Waals surface area contributed by atoms with Crippen LogP contribution in [0.3, 0.4) is 0 Å². The van der Waals surface area contributed by atoms with Crippen molar-refractivity contribution >= 4 is 11.9 Å². The van der Waals surface area contributed by atoms with E-state index in [4.69, 9.17) is 9.90 Å². The van der Waals surface area contributed by atoms with E-state index >= 15 is 0 Å². The minimum absolute atomic E-state index is 0.0226. The minimum Gasteiger partial charge on any atom is -0.481 e. The zero-order valence-electron chi connectivity index (χ0n) is 20.6. The van der Waals surface area contributed by atoms with Gasteiger partial charge in [0.15, 0.2) is 0 Å². The summed E-state index contributed by atoms with van der Waals surface area (Å²) in [6, 6.07) is 20.9. The number of halogens is 1. The number of fused-ring (bicyclic) bond motifs is 1. The molecule has 0 fully saturated rings. The van der Waals surface area contributed by atoms with Gasteiger partial charge in [-0.25, -0.2) is 4.39 Å². The fourth-order valence-corrected chi connectivity index (χ4v) is 4.20. The number of H-pyrrole nitrogens is 1. The van der Waals surface area contributed by atoms with Gasteiger partial charge >= 0.3 is 0 Å². The van der Waals surface area contributed by atoms with E-state index in [1.54, 1.807) is 18.3 Å². The Morgan fingerprint density at radius 1 is 1.05 bits per heavy atom. The number of rotatable bonds is 7. The molecule has 1 aliphatic heterocycles. The van der Waals surface area contributed by atoms with Crippen LogP contribution in [0, 0.1) is 5.82 Å². The fourth-order valence-electron chi connectivity index (χ4n) is 4.20. The SMILES string of the molecule is CC(=O)O.O=C1NCCc2[nH]c(-c3ccnc(-c4cccc(CNCCc5cccc(F)c5)c4)c3)cc21. The van der Waals surface area contributed by atoms with Crippen LogP contribution < -0.4 is 10.6 Å². The molecule has 2 aromatic heterocycles. The number of carbonyl (C=O) groups is 2. The second-order valence-corrected chi connectivity index (χ2v) is 8.79. The van der Waals surface area contributed by atoms with Gasteiger partial charge in [0, 0.05) is 55.1 Å². The molecule has 1 aliphatic rings. The maximum Gasteiger partial charge on any atom is 0.300 e. The molecule has 0 unspecified atom stereocenters. The minimum atomic E-state index is -0.833. The Balaban J connectivity index is 0.000000747. The monoisotopic (exact) mass is 500 g/mol. The van der Waals surface area contributed by atoms with Crippen LogP contribution in [-0.4, -0.2) is 40.0 Å². The van der Waals surface area contributed by atoms with E-state index in [-0.39, 0.29) is 11.7 Å². The quantitative estimate of drug-likeness (QED) is 0.278. The zero-order chi connectivity index (χ0) is 26.2. The molecule has 0 aliphatic carbocycles. The van der Waals surface area contributed by atoms with Crippen molar-refractivity contribution in [1.82, 2.24) is 20.6 Å². The molecule has 0 spiro atoms. The summed E-state index contributed by atoms with van der Waals surface area (Å²) >= 11 is 0. The van der Waals surface area contributed by atoms with E-state index in [2.05, 4.69) is 38.8 Å². The molecule has 2 aromatic carbocycles. The molecule has 4 N–H and O–H groups in total. The summed E-state index contributed by atoms with van der Waals surface area (Å²) in [7, 11) is 0. The van der Waals surface area contributed by atoms with E-state index < -0.39 is 5.97 Å². The van der Waals surface area contributed by atoms with E-state index in [0.717, 1.165) is 77.8 Å². The number of pyridine rings is 1. The summed E-state index contributed by atoms with van der Waals surface area (Å²) in [5.41, 5.74) is 7.70. The number of amides is 1. The number of aliphatic carboxylic acids is 1. The van der Waals surface area contributed by atoms with Crippen LogP contribution in [0.1, 0.15) is 34.1 Å². The molecular weight excluding hydrogens is 471 g/mol. The average molecular weight is 501 g/mol. The Bertz CT molecular complexity index is 1400. The van der Waals surface area contributed by atoms with Crippen LogP contribution in [0.15, 0.2) is 72.9 Å². The van der Waals surface area contributed by atoms with Gasteiger partial charge < -0.3 is 20.7 Å². The molecule has 7 nitrogen and oxygen atoms in total. The number of carboxylic acids is 1. The topological polar surface area (TPSA) is 107 Å². The number of nitrogens with one attached hydrogen (secondary N) is 3. The van der Waals surface area contributed by atoms with Gasteiger partial charge in [0.05, 0.1) is 11.3 Å². The first kappa shape index (κ1) is 25.8. The molecule has 3 heterocycles. The third-order valence-corrected chi connectivity index (χ3v) is 5.91. The van der Waals surface area contributed by atoms with Crippen molar-refractivity contribution in [2.45, 2.75) is 26.3 Å². The molecule has 0 saturated carbocycles. The second kappa shape index (κ2) is 12.1. The lowest BCUT2D eigenvalue weighted by Gasteiger charge is -2.11. The first-order valence-corrected chi connectivity index (χ1v) is 12.1.